The molecule has 2 aromatic rings. The van der Waals surface area contributed by atoms with Gasteiger partial charge < -0.3 is 4.74 Å². The Balaban J connectivity index is 2.29. The number of nitrogens with two attached hydrogens (primary N) is 1. The summed E-state index contributed by atoms with van der Waals surface area (Å²) in [4.78, 5) is 4.04. The molecule has 0 aliphatic heterocycles. The van der Waals surface area contributed by atoms with E-state index < -0.39 is 0 Å². The average molecular weight is 231 g/mol. The van der Waals surface area contributed by atoms with Gasteiger partial charge in [-0.05, 0) is 17.7 Å². The molecule has 0 aliphatic rings. The van der Waals surface area contributed by atoms with Gasteiger partial charge in [-0.2, -0.15) is 0 Å². The zero-order valence-corrected chi connectivity index (χ0v) is 9.37. The number of rotatable bonds is 4. The minimum Gasteiger partial charge on any atom is -0.480 e. The molecule has 6 heteroatoms. The lowest BCUT2D eigenvalue weighted by atomic mass is 10.1. The summed E-state index contributed by atoms with van der Waals surface area (Å²) in [7, 11) is 1.55. The molecule has 0 radical (unpaired) electrons. The Morgan fingerprint density at radius 2 is 2.18 bits per heavy atom. The van der Waals surface area contributed by atoms with Crippen molar-refractivity contribution < 1.29 is 4.74 Å². The third kappa shape index (κ3) is 2.55. The number of ether oxygens (including phenoxy) is 1. The molecule has 0 fully saturated rings. The highest BCUT2D eigenvalue weighted by Gasteiger charge is 2.14. The fraction of sp³-hybridized carbons (Fsp3) is 0.182. The molecule has 1 atom stereocenters. The largest absolute Gasteiger partial charge is 0.480 e. The average Bonchev–Trinajstić information content (AvgIpc) is 2.42. The second kappa shape index (κ2) is 5.33. The number of aromatic nitrogens is 3. The molecule has 2 heterocycles. The van der Waals surface area contributed by atoms with E-state index in [1.807, 2.05) is 18.2 Å². The van der Waals surface area contributed by atoms with Crippen LogP contribution in [0.15, 0.2) is 36.7 Å². The summed E-state index contributed by atoms with van der Waals surface area (Å²) in [5.41, 5.74) is 4.32. The summed E-state index contributed by atoms with van der Waals surface area (Å²) < 4.78 is 4.95. The van der Waals surface area contributed by atoms with Gasteiger partial charge in [0.1, 0.15) is 0 Å². The van der Waals surface area contributed by atoms with E-state index in [9.17, 15) is 0 Å². The van der Waals surface area contributed by atoms with Crippen LogP contribution in [0.5, 0.6) is 5.88 Å². The Morgan fingerprint density at radius 1 is 1.29 bits per heavy atom. The topological polar surface area (TPSA) is 86.0 Å². The zero-order chi connectivity index (χ0) is 12.1. The fourth-order valence-corrected chi connectivity index (χ4v) is 1.49. The van der Waals surface area contributed by atoms with E-state index in [4.69, 9.17) is 10.6 Å². The van der Waals surface area contributed by atoms with E-state index >= 15 is 0 Å². The maximum absolute atomic E-state index is 5.53. The van der Waals surface area contributed by atoms with E-state index in [1.54, 1.807) is 25.6 Å². The molecule has 0 bridgehead atoms. The van der Waals surface area contributed by atoms with Crippen LogP contribution in [-0.4, -0.2) is 22.3 Å². The fourth-order valence-electron chi connectivity index (χ4n) is 1.49. The molecular weight excluding hydrogens is 218 g/mol. The van der Waals surface area contributed by atoms with E-state index in [2.05, 4.69) is 20.6 Å². The predicted molar refractivity (Wildman–Crippen MR) is 62.0 cm³/mol. The minimum atomic E-state index is -0.234. The first-order chi connectivity index (χ1) is 8.35. The lowest BCUT2D eigenvalue weighted by molar-refractivity contribution is 0.390. The Hall–Kier alpha value is -2.05. The summed E-state index contributed by atoms with van der Waals surface area (Å²) in [6.07, 6.45) is 3.44. The summed E-state index contributed by atoms with van der Waals surface area (Å²) in [5, 5.41) is 7.96. The second-order valence-corrected chi connectivity index (χ2v) is 3.39. The van der Waals surface area contributed by atoms with Crippen molar-refractivity contribution in [2.24, 2.45) is 5.84 Å². The van der Waals surface area contributed by atoms with Gasteiger partial charge in [0.05, 0.1) is 18.8 Å². The summed E-state index contributed by atoms with van der Waals surface area (Å²) in [6.45, 7) is 0. The number of nitrogens with one attached hydrogen (secondary N) is 1. The molecule has 2 rings (SSSR count). The van der Waals surface area contributed by atoms with Gasteiger partial charge in [0.15, 0.2) is 0 Å². The van der Waals surface area contributed by atoms with Crippen LogP contribution in [-0.2, 0) is 0 Å². The minimum absolute atomic E-state index is 0.234. The van der Waals surface area contributed by atoms with Crippen molar-refractivity contribution in [2.75, 3.05) is 7.11 Å². The van der Waals surface area contributed by atoms with E-state index in [0.29, 0.717) is 11.6 Å². The van der Waals surface area contributed by atoms with Gasteiger partial charge in [0.2, 0.25) is 5.88 Å². The van der Waals surface area contributed by atoms with Crippen LogP contribution in [0.4, 0.5) is 0 Å². The van der Waals surface area contributed by atoms with Crippen molar-refractivity contribution >= 4 is 0 Å². The molecule has 0 amide bonds. The van der Waals surface area contributed by atoms with Gasteiger partial charge in [-0.3, -0.25) is 10.8 Å². The third-order valence-electron chi connectivity index (χ3n) is 2.35. The molecule has 88 valence electrons. The first-order valence-electron chi connectivity index (χ1n) is 5.09. The van der Waals surface area contributed by atoms with E-state index in [0.717, 1.165) is 5.56 Å². The third-order valence-corrected chi connectivity index (χ3v) is 2.35. The molecule has 0 saturated heterocycles. The SMILES string of the molecule is COc1ccc(C(NN)c2cccnc2)nn1. The van der Waals surface area contributed by atoms with Crippen LogP contribution in [0, 0.1) is 0 Å². The lowest BCUT2D eigenvalue weighted by Crippen LogP contribution is -2.29. The Bertz CT molecular complexity index is 459. The van der Waals surface area contributed by atoms with Gasteiger partial charge in [-0.15, -0.1) is 10.2 Å². The van der Waals surface area contributed by atoms with Crippen LogP contribution >= 0.6 is 0 Å². The van der Waals surface area contributed by atoms with Crippen LogP contribution in [0.2, 0.25) is 0 Å². The monoisotopic (exact) mass is 231 g/mol. The van der Waals surface area contributed by atoms with Crippen molar-refractivity contribution in [1.82, 2.24) is 20.6 Å². The molecule has 17 heavy (non-hydrogen) atoms. The smallest absolute Gasteiger partial charge is 0.233 e. The number of hydrogen-bond donors (Lipinski definition) is 2. The number of hydrogen-bond acceptors (Lipinski definition) is 6. The normalized spacial score (nSPS) is 12.1. The van der Waals surface area contributed by atoms with Gasteiger partial charge in [-0.25, -0.2) is 5.43 Å². The Labute approximate surface area is 98.8 Å². The molecule has 0 aromatic carbocycles. The number of hydrazine groups is 1. The first kappa shape index (κ1) is 11.4. The number of nitrogens with zero attached hydrogens (tertiary/aromatic N) is 3. The van der Waals surface area contributed by atoms with Crippen LogP contribution in [0.25, 0.3) is 0 Å². The van der Waals surface area contributed by atoms with Crippen molar-refractivity contribution in [3.8, 4) is 5.88 Å². The summed E-state index contributed by atoms with van der Waals surface area (Å²) in [6, 6.07) is 7.08. The maximum Gasteiger partial charge on any atom is 0.233 e. The van der Waals surface area contributed by atoms with Crippen LogP contribution in [0.3, 0.4) is 0 Å². The molecule has 0 spiro atoms. The highest BCUT2D eigenvalue weighted by atomic mass is 16.5. The number of methoxy groups -OCH3 is 1. The highest BCUT2D eigenvalue weighted by Crippen LogP contribution is 2.18. The number of pyridine rings is 1. The lowest BCUT2D eigenvalue weighted by Gasteiger charge is -2.14. The molecule has 6 nitrogen and oxygen atoms in total. The predicted octanol–water partition coefficient (Wildman–Crippen LogP) is 0.433. The molecule has 1 unspecified atom stereocenters. The summed E-state index contributed by atoms with van der Waals surface area (Å²) >= 11 is 0. The first-order valence-corrected chi connectivity index (χ1v) is 5.09. The van der Waals surface area contributed by atoms with E-state index in [1.165, 1.54) is 0 Å². The van der Waals surface area contributed by atoms with Crippen molar-refractivity contribution in [1.29, 1.82) is 0 Å². The second-order valence-electron chi connectivity index (χ2n) is 3.39. The quantitative estimate of drug-likeness (QED) is 0.586. The van der Waals surface area contributed by atoms with Crippen LogP contribution in [0.1, 0.15) is 17.3 Å². The molecule has 3 N–H and O–H groups in total. The molecule has 2 aromatic heterocycles. The van der Waals surface area contributed by atoms with Gasteiger partial charge in [0.25, 0.3) is 0 Å². The molecular formula is C11H13N5O. The van der Waals surface area contributed by atoms with Gasteiger partial charge >= 0.3 is 0 Å². The van der Waals surface area contributed by atoms with Crippen LogP contribution < -0.4 is 16.0 Å². The highest BCUT2D eigenvalue weighted by molar-refractivity contribution is 5.25. The van der Waals surface area contributed by atoms with Crippen molar-refractivity contribution in [3.05, 3.63) is 47.9 Å². The summed E-state index contributed by atoms with van der Waals surface area (Å²) in [5.74, 6) is 6.00. The molecule has 0 saturated carbocycles. The van der Waals surface area contributed by atoms with Crippen molar-refractivity contribution in [2.45, 2.75) is 6.04 Å². The zero-order valence-electron chi connectivity index (χ0n) is 9.37. The Morgan fingerprint density at radius 3 is 2.71 bits per heavy atom. The maximum atomic E-state index is 5.53. The standard InChI is InChI=1S/C11H13N5O/c1-17-10-5-4-9(15-16-10)11(14-12)8-3-2-6-13-7-8/h2-7,11,14H,12H2,1H3. The van der Waals surface area contributed by atoms with E-state index in [-0.39, 0.29) is 6.04 Å². The molecule has 0 aliphatic carbocycles. The van der Waals surface area contributed by atoms with Gasteiger partial charge in [-0.1, -0.05) is 6.07 Å². The Kier molecular flexibility index (Phi) is 3.59. The van der Waals surface area contributed by atoms with Gasteiger partial charge in [0, 0.05) is 18.5 Å². The van der Waals surface area contributed by atoms with Crippen molar-refractivity contribution in [3.63, 3.8) is 0 Å².